The number of benzene rings is 1. The molecule has 0 aliphatic carbocycles. The summed E-state index contributed by atoms with van der Waals surface area (Å²) >= 11 is 0. The molecule has 1 aromatic carbocycles. The van der Waals surface area contributed by atoms with E-state index in [4.69, 9.17) is 4.74 Å². The van der Waals surface area contributed by atoms with E-state index in [1.807, 2.05) is 0 Å². The highest BCUT2D eigenvalue weighted by molar-refractivity contribution is 5.34. The lowest BCUT2D eigenvalue weighted by Gasteiger charge is -2.29. The van der Waals surface area contributed by atoms with Crippen molar-refractivity contribution < 1.29 is 4.74 Å². The summed E-state index contributed by atoms with van der Waals surface area (Å²) in [6, 6.07) is 9.10. The van der Waals surface area contributed by atoms with Crippen molar-refractivity contribution in [1.29, 1.82) is 0 Å². The van der Waals surface area contributed by atoms with Crippen molar-refractivity contribution in [1.82, 2.24) is 5.32 Å². The molecule has 2 nitrogen and oxygen atoms in total. The van der Waals surface area contributed by atoms with E-state index in [1.54, 1.807) is 11.1 Å². The van der Waals surface area contributed by atoms with E-state index >= 15 is 0 Å². The maximum absolute atomic E-state index is 5.49. The van der Waals surface area contributed by atoms with Gasteiger partial charge in [-0.15, -0.1) is 0 Å². The molecule has 98 valence electrons. The highest BCUT2D eigenvalue weighted by atomic mass is 16.5. The van der Waals surface area contributed by atoms with Crippen molar-refractivity contribution in [2.75, 3.05) is 26.3 Å². The van der Waals surface area contributed by atoms with E-state index in [2.05, 4.69) is 29.6 Å². The van der Waals surface area contributed by atoms with Crippen LogP contribution in [0.5, 0.6) is 0 Å². The predicted octanol–water partition coefficient (Wildman–Crippen LogP) is 3.05. The van der Waals surface area contributed by atoms with E-state index in [0.29, 0.717) is 0 Å². The number of piperidine rings is 1. The Bertz CT molecular complexity index is 341. The van der Waals surface area contributed by atoms with Gasteiger partial charge in [0.1, 0.15) is 0 Å². The third-order valence-electron chi connectivity index (χ3n) is 4.39. The topological polar surface area (TPSA) is 21.3 Å². The first kappa shape index (κ1) is 12.2. The highest BCUT2D eigenvalue weighted by Gasteiger charge is 2.23. The Labute approximate surface area is 110 Å². The van der Waals surface area contributed by atoms with E-state index in [9.17, 15) is 0 Å². The van der Waals surface area contributed by atoms with Crippen LogP contribution in [0.4, 0.5) is 0 Å². The summed E-state index contributed by atoms with van der Waals surface area (Å²) < 4.78 is 5.49. The Kier molecular flexibility index (Phi) is 3.96. The number of nitrogens with one attached hydrogen (secondary N) is 1. The third-order valence-corrected chi connectivity index (χ3v) is 4.39. The van der Waals surface area contributed by atoms with E-state index in [0.717, 1.165) is 31.6 Å². The SMILES string of the molecule is c1ccc(C2CCCNC2)c(C2CCOCC2)c1. The molecule has 2 aliphatic rings. The van der Waals surface area contributed by atoms with Gasteiger partial charge in [0.15, 0.2) is 0 Å². The predicted molar refractivity (Wildman–Crippen MR) is 74.1 cm³/mol. The first-order chi connectivity index (χ1) is 8.95. The summed E-state index contributed by atoms with van der Waals surface area (Å²) in [6.07, 6.45) is 5.04. The molecule has 2 saturated heterocycles. The molecule has 2 aliphatic heterocycles. The summed E-state index contributed by atoms with van der Waals surface area (Å²) in [5.41, 5.74) is 3.19. The Balaban J connectivity index is 1.83. The van der Waals surface area contributed by atoms with Crippen molar-refractivity contribution in [2.24, 2.45) is 0 Å². The highest BCUT2D eigenvalue weighted by Crippen LogP contribution is 2.34. The standard InChI is InChI=1S/C16H23NO/c1-2-6-16(14-4-3-9-17-12-14)15(5-1)13-7-10-18-11-8-13/h1-2,5-6,13-14,17H,3-4,7-12H2. The van der Waals surface area contributed by atoms with Gasteiger partial charge in [-0.05, 0) is 55.2 Å². The fourth-order valence-electron chi connectivity index (χ4n) is 3.38. The first-order valence-electron chi connectivity index (χ1n) is 7.32. The fraction of sp³-hybridized carbons (Fsp3) is 0.625. The monoisotopic (exact) mass is 245 g/mol. The van der Waals surface area contributed by atoms with Crippen LogP contribution in [0, 0.1) is 0 Å². The second-order valence-electron chi connectivity index (χ2n) is 5.56. The van der Waals surface area contributed by atoms with Gasteiger partial charge < -0.3 is 10.1 Å². The van der Waals surface area contributed by atoms with Crippen molar-refractivity contribution in [2.45, 2.75) is 37.5 Å². The fourth-order valence-corrected chi connectivity index (χ4v) is 3.38. The number of ether oxygens (including phenoxy) is 1. The Morgan fingerprint density at radius 2 is 1.67 bits per heavy atom. The second-order valence-corrected chi connectivity index (χ2v) is 5.56. The van der Waals surface area contributed by atoms with Gasteiger partial charge in [0.25, 0.3) is 0 Å². The Morgan fingerprint density at radius 3 is 2.33 bits per heavy atom. The van der Waals surface area contributed by atoms with Crippen LogP contribution in [0.1, 0.15) is 48.6 Å². The maximum atomic E-state index is 5.49. The molecule has 0 bridgehead atoms. The number of rotatable bonds is 2. The van der Waals surface area contributed by atoms with Gasteiger partial charge in [0.2, 0.25) is 0 Å². The lowest BCUT2D eigenvalue weighted by Crippen LogP contribution is -2.29. The maximum Gasteiger partial charge on any atom is 0.0471 e. The molecule has 1 N–H and O–H groups in total. The van der Waals surface area contributed by atoms with Crippen molar-refractivity contribution >= 4 is 0 Å². The van der Waals surface area contributed by atoms with Gasteiger partial charge in [-0.2, -0.15) is 0 Å². The van der Waals surface area contributed by atoms with Crippen LogP contribution >= 0.6 is 0 Å². The molecule has 0 saturated carbocycles. The molecule has 0 radical (unpaired) electrons. The minimum atomic E-state index is 0.719. The molecule has 2 heterocycles. The van der Waals surface area contributed by atoms with Crippen LogP contribution in [0.3, 0.4) is 0 Å². The van der Waals surface area contributed by atoms with Crippen LogP contribution in [-0.4, -0.2) is 26.3 Å². The van der Waals surface area contributed by atoms with Gasteiger partial charge in [0, 0.05) is 19.8 Å². The molecular weight excluding hydrogens is 222 g/mol. The molecule has 2 heteroatoms. The molecule has 0 amide bonds. The van der Waals surface area contributed by atoms with Crippen LogP contribution in [0.15, 0.2) is 24.3 Å². The Morgan fingerprint density at radius 1 is 0.944 bits per heavy atom. The van der Waals surface area contributed by atoms with Gasteiger partial charge in [0.05, 0.1) is 0 Å². The molecule has 1 aromatic rings. The molecule has 0 spiro atoms. The Hall–Kier alpha value is -0.860. The summed E-state index contributed by atoms with van der Waals surface area (Å²) in [5, 5.41) is 3.54. The number of hydrogen-bond acceptors (Lipinski definition) is 2. The van der Waals surface area contributed by atoms with Crippen molar-refractivity contribution in [3.05, 3.63) is 35.4 Å². The third kappa shape index (κ3) is 2.60. The number of hydrogen-bond donors (Lipinski definition) is 1. The minimum Gasteiger partial charge on any atom is -0.381 e. The normalized spacial score (nSPS) is 26.1. The summed E-state index contributed by atoms with van der Waals surface area (Å²) in [7, 11) is 0. The molecule has 18 heavy (non-hydrogen) atoms. The molecule has 2 fully saturated rings. The molecular formula is C16H23NO. The van der Waals surface area contributed by atoms with E-state index in [-0.39, 0.29) is 0 Å². The molecule has 0 aromatic heterocycles. The first-order valence-corrected chi connectivity index (χ1v) is 7.32. The lowest BCUT2D eigenvalue weighted by atomic mass is 9.81. The largest absolute Gasteiger partial charge is 0.381 e. The molecule has 1 unspecified atom stereocenters. The zero-order valence-electron chi connectivity index (χ0n) is 11.0. The molecule has 3 rings (SSSR count). The van der Waals surface area contributed by atoms with Gasteiger partial charge in [-0.1, -0.05) is 24.3 Å². The second kappa shape index (κ2) is 5.85. The summed E-state index contributed by atoms with van der Waals surface area (Å²) in [5.74, 6) is 1.44. The van der Waals surface area contributed by atoms with Crippen LogP contribution in [0.25, 0.3) is 0 Å². The van der Waals surface area contributed by atoms with Crippen molar-refractivity contribution in [3.8, 4) is 0 Å². The van der Waals surface area contributed by atoms with E-state index < -0.39 is 0 Å². The minimum absolute atomic E-state index is 0.719. The summed E-state index contributed by atoms with van der Waals surface area (Å²) in [6.45, 7) is 4.21. The van der Waals surface area contributed by atoms with Crippen molar-refractivity contribution in [3.63, 3.8) is 0 Å². The van der Waals surface area contributed by atoms with Crippen LogP contribution in [-0.2, 0) is 4.74 Å². The van der Waals surface area contributed by atoms with Gasteiger partial charge >= 0.3 is 0 Å². The lowest BCUT2D eigenvalue weighted by molar-refractivity contribution is 0.0850. The van der Waals surface area contributed by atoms with Crippen LogP contribution in [0.2, 0.25) is 0 Å². The zero-order chi connectivity index (χ0) is 12.2. The summed E-state index contributed by atoms with van der Waals surface area (Å²) in [4.78, 5) is 0. The van der Waals surface area contributed by atoms with Crippen LogP contribution < -0.4 is 5.32 Å². The van der Waals surface area contributed by atoms with E-state index in [1.165, 1.54) is 32.2 Å². The molecule has 1 atom stereocenters. The van der Waals surface area contributed by atoms with Gasteiger partial charge in [-0.25, -0.2) is 0 Å². The zero-order valence-corrected chi connectivity index (χ0v) is 11.0. The van der Waals surface area contributed by atoms with Gasteiger partial charge in [-0.3, -0.25) is 0 Å². The quantitative estimate of drug-likeness (QED) is 0.864. The average Bonchev–Trinajstić information content (AvgIpc) is 2.49. The average molecular weight is 245 g/mol. The smallest absolute Gasteiger partial charge is 0.0471 e.